The molecular weight excluding hydrogens is 294 g/mol. The van der Waals surface area contributed by atoms with E-state index < -0.39 is 0 Å². The molecular formula is C13H16BrN3O. The average Bonchev–Trinajstić information content (AvgIpc) is 2.82. The fourth-order valence-corrected chi connectivity index (χ4v) is 2.14. The standard InChI is InChI=1S/C13H16BrN3O/c1-3-5-11(15)12-16-13(18-17-12)9-6-4-7-10(14)8(9)2/h4,6-7,11H,3,5,15H2,1-2H3. The fraction of sp³-hybridized carbons (Fsp3) is 0.385. The molecule has 1 unspecified atom stereocenters. The average molecular weight is 310 g/mol. The van der Waals surface area contributed by atoms with Gasteiger partial charge in [0, 0.05) is 10.0 Å². The van der Waals surface area contributed by atoms with E-state index in [-0.39, 0.29) is 6.04 Å². The van der Waals surface area contributed by atoms with Gasteiger partial charge in [-0.25, -0.2) is 0 Å². The van der Waals surface area contributed by atoms with Gasteiger partial charge >= 0.3 is 0 Å². The molecule has 1 heterocycles. The summed E-state index contributed by atoms with van der Waals surface area (Å²) in [4.78, 5) is 4.38. The highest BCUT2D eigenvalue weighted by molar-refractivity contribution is 9.10. The highest BCUT2D eigenvalue weighted by Gasteiger charge is 2.16. The predicted molar refractivity (Wildman–Crippen MR) is 74.0 cm³/mol. The summed E-state index contributed by atoms with van der Waals surface area (Å²) in [5.74, 6) is 1.10. The number of rotatable bonds is 4. The van der Waals surface area contributed by atoms with Crippen LogP contribution in [-0.2, 0) is 0 Å². The molecule has 5 heteroatoms. The first-order chi connectivity index (χ1) is 8.63. The molecule has 2 rings (SSSR count). The van der Waals surface area contributed by atoms with E-state index in [1.54, 1.807) is 0 Å². The van der Waals surface area contributed by atoms with Gasteiger partial charge in [-0.3, -0.25) is 0 Å². The van der Waals surface area contributed by atoms with Crippen molar-refractivity contribution in [2.24, 2.45) is 5.73 Å². The van der Waals surface area contributed by atoms with E-state index in [1.807, 2.05) is 25.1 Å². The summed E-state index contributed by atoms with van der Waals surface area (Å²) in [6.45, 7) is 4.09. The van der Waals surface area contributed by atoms with E-state index in [0.29, 0.717) is 11.7 Å². The first kappa shape index (κ1) is 13.2. The Hall–Kier alpha value is -1.20. The van der Waals surface area contributed by atoms with Crippen molar-refractivity contribution in [3.63, 3.8) is 0 Å². The number of halogens is 1. The van der Waals surface area contributed by atoms with Crippen molar-refractivity contribution in [1.29, 1.82) is 0 Å². The van der Waals surface area contributed by atoms with Gasteiger partial charge in [-0.2, -0.15) is 4.98 Å². The van der Waals surface area contributed by atoms with Crippen molar-refractivity contribution >= 4 is 15.9 Å². The van der Waals surface area contributed by atoms with E-state index in [4.69, 9.17) is 10.3 Å². The van der Waals surface area contributed by atoms with Gasteiger partial charge in [-0.15, -0.1) is 0 Å². The molecule has 0 saturated heterocycles. The van der Waals surface area contributed by atoms with Crippen LogP contribution < -0.4 is 5.73 Å². The van der Waals surface area contributed by atoms with Gasteiger partial charge in [-0.05, 0) is 31.0 Å². The van der Waals surface area contributed by atoms with Crippen LogP contribution in [0.1, 0.15) is 37.2 Å². The minimum absolute atomic E-state index is 0.153. The van der Waals surface area contributed by atoms with Gasteiger partial charge in [-0.1, -0.05) is 40.5 Å². The fourth-order valence-electron chi connectivity index (χ4n) is 1.77. The number of hydrogen-bond acceptors (Lipinski definition) is 4. The smallest absolute Gasteiger partial charge is 0.258 e. The van der Waals surface area contributed by atoms with Gasteiger partial charge in [0.1, 0.15) is 0 Å². The minimum atomic E-state index is -0.153. The van der Waals surface area contributed by atoms with E-state index in [2.05, 4.69) is 33.0 Å². The lowest BCUT2D eigenvalue weighted by atomic mass is 10.1. The maximum absolute atomic E-state index is 5.97. The molecule has 2 aromatic rings. The number of nitrogens with two attached hydrogens (primary N) is 1. The second-order valence-electron chi connectivity index (χ2n) is 4.27. The molecule has 0 spiro atoms. The Bertz CT molecular complexity index is 539. The molecule has 0 aliphatic heterocycles. The summed E-state index contributed by atoms with van der Waals surface area (Å²) in [5.41, 5.74) is 7.99. The lowest BCUT2D eigenvalue weighted by molar-refractivity contribution is 0.413. The Labute approximate surface area is 115 Å². The summed E-state index contributed by atoms with van der Waals surface area (Å²) in [7, 11) is 0. The SMILES string of the molecule is CCCC(N)c1noc(-c2cccc(Br)c2C)n1. The van der Waals surface area contributed by atoms with Crippen LogP contribution in [0.15, 0.2) is 27.2 Å². The maximum atomic E-state index is 5.97. The van der Waals surface area contributed by atoms with Gasteiger partial charge in [0.15, 0.2) is 5.82 Å². The van der Waals surface area contributed by atoms with Crippen molar-refractivity contribution < 1.29 is 4.52 Å². The molecule has 1 atom stereocenters. The third-order valence-electron chi connectivity index (χ3n) is 2.87. The lowest BCUT2D eigenvalue weighted by Gasteiger charge is -2.03. The minimum Gasteiger partial charge on any atom is -0.334 e. The third kappa shape index (κ3) is 2.62. The molecule has 2 N–H and O–H groups in total. The predicted octanol–water partition coefficient (Wildman–Crippen LogP) is 3.61. The zero-order chi connectivity index (χ0) is 13.1. The molecule has 1 aromatic heterocycles. The van der Waals surface area contributed by atoms with Crippen molar-refractivity contribution in [2.75, 3.05) is 0 Å². The largest absolute Gasteiger partial charge is 0.334 e. The highest BCUT2D eigenvalue weighted by atomic mass is 79.9. The molecule has 18 heavy (non-hydrogen) atoms. The Kier molecular flexibility index (Phi) is 4.14. The van der Waals surface area contributed by atoms with Crippen molar-refractivity contribution in [2.45, 2.75) is 32.7 Å². The molecule has 0 bridgehead atoms. The Morgan fingerprint density at radius 2 is 2.22 bits per heavy atom. The van der Waals surface area contributed by atoms with Crippen molar-refractivity contribution in [1.82, 2.24) is 10.1 Å². The zero-order valence-electron chi connectivity index (χ0n) is 10.5. The van der Waals surface area contributed by atoms with Gasteiger partial charge in [0.25, 0.3) is 5.89 Å². The van der Waals surface area contributed by atoms with E-state index in [1.165, 1.54) is 0 Å². The Morgan fingerprint density at radius 3 is 2.94 bits per heavy atom. The molecule has 0 aliphatic rings. The third-order valence-corrected chi connectivity index (χ3v) is 3.73. The Balaban J connectivity index is 2.32. The van der Waals surface area contributed by atoms with Crippen molar-refractivity contribution in [3.8, 4) is 11.5 Å². The van der Waals surface area contributed by atoms with E-state index in [9.17, 15) is 0 Å². The number of nitrogens with zero attached hydrogens (tertiary/aromatic N) is 2. The molecule has 96 valence electrons. The van der Waals surface area contributed by atoms with Gasteiger partial charge in [0.2, 0.25) is 0 Å². The summed E-state index contributed by atoms with van der Waals surface area (Å²) in [6.07, 6.45) is 1.86. The summed E-state index contributed by atoms with van der Waals surface area (Å²) in [5, 5.41) is 3.96. The molecule has 1 aromatic carbocycles. The van der Waals surface area contributed by atoms with Crippen LogP contribution in [0, 0.1) is 6.92 Å². The molecule has 0 saturated carbocycles. The monoisotopic (exact) mass is 309 g/mol. The van der Waals surface area contributed by atoms with E-state index >= 15 is 0 Å². The summed E-state index contributed by atoms with van der Waals surface area (Å²) in [6, 6.07) is 5.74. The first-order valence-electron chi connectivity index (χ1n) is 5.98. The quantitative estimate of drug-likeness (QED) is 0.937. The maximum Gasteiger partial charge on any atom is 0.258 e. The zero-order valence-corrected chi connectivity index (χ0v) is 12.1. The first-order valence-corrected chi connectivity index (χ1v) is 6.77. The summed E-state index contributed by atoms with van der Waals surface area (Å²) < 4.78 is 6.32. The van der Waals surface area contributed by atoms with Gasteiger partial charge in [0.05, 0.1) is 6.04 Å². The second-order valence-corrected chi connectivity index (χ2v) is 5.12. The van der Waals surface area contributed by atoms with Crippen LogP contribution in [-0.4, -0.2) is 10.1 Å². The molecule has 0 radical (unpaired) electrons. The van der Waals surface area contributed by atoms with Crippen LogP contribution in [0.3, 0.4) is 0 Å². The molecule has 0 aliphatic carbocycles. The molecule has 0 amide bonds. The molecule has 4 nitrogen and oxygen atoms in total. The lowest BCUT2D eigenvalue weighted by Crippen LogP contribution is -2.11. The molecule has 0 fully saturated rings. The van der Waals surface area contributed by atoms with Crippen LogP contribution in [0.5, 0.6) is 0 Å². The van der Waals surface area contributed by atoms with Gasteiger partial charge < -0.3 is 10.3 Å². The van der Waals surface area contributed by atoms with E-state index in [0.717, 1.165) is 28.4 Å². The number of benzene rings is 1. The van der Waals surface area contributed by atoms with Crippen LogP contribution >= 0.6 is 15.9 Å². The second kappa shape index (κ2) is 5.63. The van der Waals surface area contributed by atoms with Crippen LogP contribution in [0.2, 0.25) is 0 Å². The van der Waals surface area contributed by atoms with Crippen LogP contribution in [0.25, 0.3) is 11.5 Å². The highest BCUT2D eigenvalue weighted by Crippen LogP contribution is 2.28. The van der Waals surface area contributed by atoms with Crippen molar-refractivity contribution in [3.05, 3.63) is 34.1 Å². The normalized spacial score (nSPS) is 12.7. The summed E-state index contributed by atoms with van der Waals surface area (Å²) >= 11 is 3.49. The van der Waals surface area contributed by atoms with Crippen LogP contribution in [0.4, 0.5) is 0 Å². The Morgan fingerprint density at radius 1 is 1.44 bits per heavy atom. The number of aromatic nitrogens is 2. The topological polar surface area (TPSA) is 64.9 Å². The number of hydrogen-bond donors (Lipinski definition) is 1.